The largest absolute Gasteiger partial charge is 0.341 e. The van der Waals surface area contributed by atoms with E-state index in [2.05, 4.69) is 10.2 Å². The number of halogens is 1. The van der Waals surface area contributed by atoms with Gasteiger partial charge in [0.15, 0.2) is 20.8 Å². The minimum atomic E-state index is -3.03. The fraction of sp³-hybridized carbons (Fsp3) is 0.471. The van der Waals surface area contributed by atoms with E-state index in [0.717, 1.165) is 5.56 Å². The van der Waals surface area contributed by atoms with E-state index in [9.17, 15) is 13.2 Å². The van der Waals surface area contributed by atoms with E-state index < -0.39 is 15.1 Å². The van der Waals surface area contributed by atoms with Crippen molar-refractivity contribution in [1.82, 2.24) is 19.7 Å². The second-order valence-corrected chi connectivity index (χ2v) is 10.6. The first-order valence-electron chi connectivity index (χ1n) is 8.47. The summed E-state index contributed by atoms with van der Waals surface area (Å²) < 4.78 is 25.1. The van der Waals surface area contributed by atoms with E-state index in [-0.39, 0.29) is 23.5 Å². The Morgan fingerprint density at radius 1 is 1.33 bits per heavy atom. The van der Waals surface area contributed by atoms with Gasteiger partial charge in [-0.15, -0.1) is 10.2 Å². The van der Waals surface area contributed by atoms with Crippen LogP contribution >= 0.6 is 23.4 Å². The molecule has 3 rings (SSSR count). The van der Waals surface area contributed by atoms with Crippen LogP contribution in [0.3, 0.4) is 0 Å². The lowest BCUT2D eigenvalue weighted by atomic mass is 10.2. The summed E-state index contributed by atoms with van der Waals surface area (Å²) in [6.07, 6.45) is 0.493. The smallest absolute Gasteiger partial charge is 0.235 e. The Morgan fingerprint density at radius 2 is 2.00 bits per heavy atom. The van der Waals surface area contributed by atoms with Gasteiger partial charge in [-0.2, -0.15) is 0 Å². The molecule has 0 N–H and O–H groups in total. The van der Waals surface area contributed by atoms with Gasteiger partial charge in [-0.3, -0.25) is 4.79 Å². The molecule has 7 nitrogen and oxygen atoms in total. The molecule has 2 atom stereocenters. The second kappa shape index (κ2) is 7.81. The molecule has 1 saturated heterocycles. The molecule has 2 unspecified atom stereocenters. The summed E-state index contributed by atoms with van der Waals surface area (Å²) in [5.74, 6) is 0.754. The molecule has 1 aromatic carbocycles. The van der Waals surface area contributed by atoms with Crippen molar-refractivity contribution in [2.24, 2.45) is 7.05 Å². The van der Waals surface area contributed by atoms with Gasteiger partial charge in [0.25, 0.3) is 0 Å². The summed E-state index contributed by atoms with van der Waals surface area (Å²) in [5.41, 5.74) is 0.883. The molecule has 1 aliphatic rings. The van der Waals surface area contributed by atoms with E-state index in [1.807, 2.05) is 23.7 Å². The van der Waals surface area contributed by atoms with Gasteiger partial charge in [0.05, 0.1) is 16.8 Å². The first kappa shape index (κ1) is 20.2. The standard InChI is InChI=1S/C17H21ClN4O3S2/c1-11(16(23)21(2)14-8-9-27(24,25)10-14)26-17-20-19-15(22(17)3)12-4-6-13(18)7-5-12/h4-7,11,14H,8-10H2,1-3H3. The van der Waals surface area contributed by atoms with Crippen LogP contribution in [0.4, 0.5) is 0 Å². The van der Waals surface area contributed by atoms with Gasteiger partial charge in [0, 0.05) is 30.7 Å². The molecule has 2 heterocycles. The fourth-order valence-corrected chi connectivity index (χ4v) is 5.84. The molecule has 0 saturated carbocycles. The maximum Gasteiger partial charge on any atom is 0.235 e. The molecular formula is C17H21ClN4O3S2. The SMILES string of the molecule is CC(Sc1nnc(-c2ccc(Cl)cc2)n1C)C(=O)N(C)C1CCS(=O)(=O)C1. The van der Waals surface area contributed by atoms with Crippen LogP contribution in [0.15, 0.2) is 29.4 Å². The van der Waals surface area contributed by atoms with E-state index >= 15 is 0 Å². The summed E-state index contributed by atoms with van der Waals surface area (Å²) in [5, 5.41) is 9.27. The molecule has 1 fully saturated rings. The minimum Gasteiger partial charge on any atom is -0.341 e. The van der Waals surface area contributed by atoms with Gasteiger partial charge in [0.1, 0.15) is 0 Å². The van der Waals surface area contributed by atoms with Crippen molar-refractivity contribution in [2.75, 3.05) is 18.6 Å². The zero-order valence-corrected chi connectivity index (χ0v) is 17.7. The highest BCUT2D eigenvalue weighted by Gasteiger charge is 2.34. The van der Waals surface area contributed by atoms with Crippen LogP contribution in [0.5, 0.6) is 0 Å². The third kappa shape index (κ3) is 4.47. The number of carbonyl (C=O) groups excluding carboxylic acids is 1. The molecule has 0 radical (unpaired) electrons. The quantitative estimate of drug-likeness (QED) is 0.679. The summed E-state index contributed by atoms with van der Waals surface area (Å²) in [4.78, 5) is 14.3. The van der Waals surface area contributed by atoms with E-state index in [1.165, 1.54) is 11.8 Å². The maximum absolute atomic E-state index is 12.7. The van der Waals surface area contributed by atoms with E-state index in [0.29, 0.717) is 22.4 Å². The molecule has 0 spiro atoms. The number of nitrogens with zero attached hydrogens (tertiary/aromatic N) is 4. The molecule has 2 aromatic rings. The van der Waals surface area contributed by atoms with Crippen molar-refractivity contribution < 1.29 is 13.2 Å². The van der Waals surface area contributed by atoms with Crippen LogP contribution in [-0.2, 0) is 21.7 Å². The Labute approximate surface area is 168 Å². The average molecular weight is 429 g/mol. The highest BCUT2D eigenvalue weighted by molar-refractivity contribution is 8.00. The van der Waals surface area contributed by atoms with Crippen LogP contribution < -0.4 is 0 Å². The van der Waals surface area contributed by atoms with Gasteiger partial charge in [-0.1, -0.05) is 23.4 Å². The number of hydrogen-bond acceptors (Lipinski definition) is 6. The maximum atomic E-state index is 12.7. The predicted molar refractivity (Wildman–Crippen MR) is 107 cm³/mol. The number of aromatic nitrogens is 3. The van der Waals surface area contributed by atoms with Gasteiger partial charge >= 0.3 is 0 Å². The zero-order valence-electron chi connectivity index (χ0n) is 15.3. The molecule has 10 heteroatoms. The van der Waals surface area contributed by atoms with Crippen LogP contribution in [0.25, 0.3) is 11.4 Å². The van der Waals surface area contributed by atoms with E-state index in [1.54, 1.807) is 31.0 Å². The van der Waals surface area contributed by atoms with Gasteiger partial charge in [-0.25, -0.2) is 8.42 Å². The Morgan fingerprint density at radius 3 is 2.59 bits per heavy atom. The summed E-state index contributed by atoms with van der Waals surface area (Å²) in [7, 11) is 0.479. The highest BCUT2D eigenvalue weighted by Crippen LogP contribution is 2.28. The normalized spacial score (nSPS) is 19.8. The summed E-state index contributed by atoms with van der Waals surface area (Å²) >= 11 is 7.23. The van der Waals surface area contributed by atoms with Crippen molar-refractivity contribution in [2.45, 2.75) is 29.8 Å². The van der Waals surface area contributed by atoms with Crippen LogP contribution in [-0.4, -0.2) is 63.8 Å². The topological polar surface area (TPSA) is 85.2 Å². The zero-order chi connectivity index (χ0) is 19.8. The predicted octanol–water partition coefficient (Wildman–Crippen LogP) is 2.26. The lowest BCUT2D eigenvalue weighted by Crippen LogP contribution is -2.41. The number of amides is 1. The summed E-state index contributed by atoms with van der Waals surface area (Å²) in [6, 6.07) is 7.05. The van der Waals surface area contributed by atoms with Crippen LogP contribution in [0.2, 0.25) is 5.02 Å². The number of hydrogen-bond donors (Lipinski definition) is 0. The number of sulfone groups is 1. The third-order valence-corrected chi connectivity index (χ3v) is 7.79. The first-order chi connectivity index (χ1) is 12.7. The Bertz CT molecular complexity index is 944. The fourth-order valence-electron chi connectivity index (χ4n) is 3.02. The first-order valence-corrected chi connectivity index (χ1v) is 11.5. The van der Waals surface area contributed by atoms with Crippen molar-refractivity contribution in [1.29, 1.82) is 0 Å². The van der Waals surface area contributed by atoms with Crippen molar-refractivity contribution in [3.05, 3.63) is 29.3 Å². The highest BCUT2D eigenvalue weighted by atomic mass is 35.5. The third-order valence-electron chi connectivity index (χ3n) is 4.67. The number of carbonyl (C=O) groups is 1. The number of thioether (sulfide) groups is 1. The van der Waals surface area contributed by atoms with Crippen molar-refractivity contribution >= 4 is 39.1 Å². The van der Waals surface area contributed by atoms with Crippen molar-refractivity contribution in [3.8, 4) is 11.4 Å². The lowest BCUT2D eigenvalue weighted by molar-refractivity contribution is -0.130. The molecule has 1 amide bonds. The van der Waals surface area contributed by atoms with Crippen molar-refractivity contribution in [3.63, 3.8) is 0 Å². The lowest BCUT2D eigenvalue weighted by Gasteiger charge is -2.26. The average Bonchev–Trinajstić information content (AvgIpc) is 3.17. The molecular weight excluding hydrogens is 408 g/mol. The Balaban J connectivity index is 1.70. The molecule has 0 bridgehead atoms. The summed E-state index contributed by atoms with van der Waals surface area (Å²) in [6.45, 7) is 1.80. The van der Waals surface area contributed by atoms with Crippen LogP contribution in [0, 0.1) is 0 Å². The second-order valence-electron chi connectivity index (χ2n) is 6.64. The number of benzene rings is 1. The van der Waals surface area contributed by atoms with Gasteiger partial charge < -0.3 is 9.47 Å². The van der Waals surface area contributed by atoms with Gasteiger partial charge in [-0.05, 0) is 37.6 Å². The molecule has 1 aliphatic heterocycles. The number of rotatable bonds is 5. The molecule has 1 aromatic heterocycles. The van der Waals surface area contributed by atoms with E-state index in [4.69, 9.17) is 11.6 Å². The minimum absolute atomic E-state index is 0.0390. The Hall–Kier alpha value is -1.58. The van der Waals surface area contributed by atoms with Crippen LogP contribution in [0.1, 0.15) is 13.3 Å². The van der Waals surface area contributed by atoms with Gasteiger partial charge in [0.2, 0.25) is 5.91 Å². The molecule has 27 heavy (non-hydrogen) atoms. The Kier molecular flexibility index (Phi) is 5.83. The monoisotopic (exact) mass is 428 g/mol. The molecule has 0 aliphatic carbocycles. The molecule has 146 valence electrons.